The SMILES string of the molecule is Cc1cccc(-c2noc(-c3cn(CCN)cn3)n2)c1. The molecule has 0 aliphatic rings. The molecular weight excluding hydrogens is 254 g/mol. The standard InChI is InChI=1S/C14H15N5O/c1-10-3-2-4-11(7-10)13-17-14(20-18-13)12-8-19(6-5-15)9-16-12/h2-4,7-9H,5-6,15H2,1H3. The zero-order chi connectivity index (χ0) is 13.9. The number of benzene rings is 1. The molecule has 3 rings (SSSR count). The van der Waals surface area contributed by atoms with Gasteiger partial charge in [-0.05, 0) is 13.0 Å². The van der Waals surface area contributed by atoms with Gasteiger partial charge in [-0.1, -0.05) is 28.9 Å². The molecule has 0 saturated carbocycles. The second kappa shape index (κ2) is 5.26. The molecule has 102 valence electrons. The minimum absolute atomic E-state index is 0.414. The number of imidazole rings is 1. The smallest absolute Gasteiger partial charge is 0.278 e. The maximum Gasteiger partial charge on any atom is 0.278 e. The van der Waals surface area contributed by atoms with Gasteiger partial charge in [0.2, 0.25) is 5.82 Å². The summed E-state index contributed by atoms with van der Waals surface area (Å²) in [5, 5.41) is 4.00. The molecule has 0 amide bonds. The highest BCUT2D eigenvalue weighted by molar-refractivity contribution is 5.58. The summed E-state index contributed by atoms with van der Waals surface area (Å²) in [6.45, 7) is 3.30. The van der Waals surface area contributed by atoms with E-state index < -0.39 is 0 Å². The van der Waals surface area contributed by atoms with E-state index in [-0.39, 0.29) is 0 Å². The Morgan fingerprint density at radius 2 is 2.25 bits per heavy atom. The molecule has 0 radical (unpaired) electrons. The predicted octanol–water partition coefficient (Wildman–Crippen LogP) is 1.87. The number of nitrogens with two attached hydrogens (primary N) is 1. The predicted molar refractivity (Wildman–Crippen MR) is 74.7 cm³/mol. The molecule has 0 unspecified atom stereocenters. The van der Waals surface area contributed by atoms with Gasteiger partial charge in [0.15, 0.2) is 0 Å². The van der Waals surface area contributed by atoms with Gasteiger partial charge in [0.1, 0.15) is 5.69 Å². The molecule has 0 bridgehead atoms. The highest BCUT2D eigenvalue weighted by Crippen LogP contribution is 2.21. The van der Waals surface area contributed by atoms with Gasteiger partial charge in [0.05, 0.1) is 6.33 Å². The first kappa shape index (κ1) is 12.6. The molecule has 0 fully saturated rings. The fourth-order valence-corrected chi connectivity index (χ4v) is 1.97. The minimum Gasteiger partial charge on any atom is -0.335 e. The number of rotatable bonds is 4. The Labute approximate surface area is 116 Å². The van der Waals surface area contributed by atoms with Gasteiger partial charge >= 0.3 is 0 Å². The maximum absolute atomic E-state index is 5.50. The normalized spacial score (nSPS) is 10.9. The lowest BCUT2D eigenvalue weighted by Gasteiger charge is -1.95. The Hall–Kier alpha value is -2.47. The Morgan fingerprint density at radius 3 is 3.05 bits per heavy atom. The van der Waals surface area contributed by atoms with Crippen LogP contribution in [-0.2, 0) is 6.54 Å². The van der Waals surface area contributed by atoms with Crippen LogP contribution in [0.4, 0.5) is 0 Å². The van der Waals surface area contributed by atoms with E-state index >= 15 is 0 Å². The van der Waals surface area contributed by atoms with Crippen LogP contribution >= 0.6 is 0 Å². The van der Waals surface area contributed by atoms with Crippen molar-refractivity contribution in [3.05, 3.63) is 42.4 Å². The number of hydrogen-bond acceptors (Lipinski definition) is 5. The first-order valence-electron chi connectivity index (χ1n) is 6.39. The van der Waals surface area contributed by atoms with Crippen molar-refractivity contribution in [3.63, 3.8) is 0 Å². The summed E-state index contributed by atoms with van der Waals surface area (Å²) in [4.78, 5) is 8.62. The van der Waals surface area contributed by atoms with E-state index in [2.05, 4.69) is 15.1 Å². The Morgan fingerprint density at radius 1 is 1.35 bits per heavy atom. The summed E-state index contributed by atoms with van der Waals surface area (Å²) in [5.74, 6) is 0.981. The highest BCUT2D eigenvalue weighted by Gasteiger charge is 2.12. The van der Waals surface area contributed by atoms with E-state index in [1.54, 1.807) is 6.33 Å². The van der Waals surface area contributed by atoms with Crippen molar-refractivity contribution in [3.8, 4) is 23.0 Å². The van der Waals surface area contributed by atoms with Crippen LogP contribution in [0.15, 0.2) is 41.3 Å². The molecule has 20 heavy (non-hydrogen) atoms. The number of hydrogen-bond donors (Lipinski definition) is 1. The summed E-state index contributed by atoms with van der Waals surface area (Å²) in [6, 6.07) is 7.96. The quantitative estimate of drug-likeness (QED) is 0.781. The zero-order valence-corrected chi connectivity index (χ0v) is 11.2. The molecule has 6 heteroatoms. The first-order chi connectivity index (χ1) is 9.76. The fraction of sp³-hybridized carbons (Fsp3) is 0.214. The Balaban J connectivity index is 1.89. The summed E-state index contributed by atoms with van der Waals surface area (Å²) >= 11 is 0. The number of nitrogens with zero attached hydrogens (tertiary/aromatic N) is 4. The zero-order valence-electron chi connectivity index (χ0n) is 11.2. The number of aryl methyl sites for hydroxylation is 1. The topological polar surface area (TPSA) is 82.8 Å². The third kappa shape index (κ3) is 2.46. The molecule has 0 aliphatic heterocycles. The van der Waals surface area contributed by atoms with Crippen molar-refractivity contribution in [1.82, 2.24) is 19.7 Å². The highest BCUT2D eigenvalue weighted by atomic mass is 16.5. The number of aromatic nitrogens is 4. The van der Waals surface area contributed by atoms with Crippen LogP contribution in [0.1, 0.15) is 5.56 Å². The Kier molecular flexibility index (Phi) is 3.30. The van der Waals surface area contributed by atoms with Gasteiger partial charge in [0, 0.05) is 24.8 Å². The lowest BCUT2D eigenvalue weighted by atomic mass is 10.1. The Bertz CT molecular complexity index is 716. The van der Waals surface area contributed by atoms with Crippen molar-refractivity contribution < 1.29 is 4.52 Å². The molecule has 2 N–H and O–H groups in total. The van der Waals surface area contributed by atoms with Crippen LogP contribution in [0.3, 0.4) is 0 Å². The van der Waals surface area contributed by atoms with Crippen molar-refractivity contribution >= 4 is 0 Å². The molecule has 2 aromatic heterocycles. The average Bonchev–Trinajstić information content (AvgIpc) is 3.07. The van der Waals surface area contributed by atoms with E-state index in [1.807, 2.05) is 42.0 Å². The molecule has 3 aromatic rings. The van der Waals surface area contributed by atoms with E-state index in [1.165, 1.54) is 0 Å². The van der Waals surface area contributed by atoms with Crippen LogP contribution in [0.5, 0.6) is 0 Å². The van der Waals surface area contributed by atoms with Gasteiger partial charge < -0.3 is 14.8 Å². The third-order valence-electron chi connectivity index (χ3n) is 2.94. The van der Waals surface area contributed by atoms with Crippen molar-refractivity contribution in [2.24, 2.45) is 5.73 Å². The van der Waals surface area contributed by atoms with Gasteiger partial charge in [-0.15, -0.1) is 0 Å². The second-order valence-corrected chi connectivity index (χ2v) is 4.58. The summed E-state index contributed by atoms with van der Waals surface area (Å²) < 4.78 is 7.16. The van der Waals surface area contributed by atoms with Crippen LogP contribution in [0.25, 0.3) is 23.0 Å². The van der Waals surface area contributed by atoms with Crippen LogP contribution in [-0.4, -0.2) is 26.2 Å². The lowest BCUT2D eigenvalue weighted by Crippen LogP contribution is -2.07. The molecular formula is C14H15N5O. The molecule has 6 nitrogen and oxygen atoms in total. The van der Waals surface area contributed by atoms with Gasteiger partial charge in [-0.2, -0.15) is 4.98 Å². The molecule has 0 saturated heterocycles. The molecule has 0 atom stereocenters. The summed E-state index contributed by atoms with van der Waals surface area (Å²) in [5.41, 5.74) is 8.25. The maximum atomic E-state index is 5.50. The van der Waals surface area contributed by atoms with Crippen LogP contribution in [0, 0.1) is 6.92 Å². The summed E-state index contributed by atoms with van der Waals surface area (Å²) in [7, 11) is 0. The van der Waals surface area contributed by atoms with E-state index in [0.717, 1.165) is 11.1 Å². The van der Waals surface area contributed by atoms with E-state index in [9.17, 15) is 0 Å². The van der Waals surface area contributed by atoms with Crippen molar-refractivity contribution in [1.29, 1.82) is 0 Å². The molecule has 0 aliphatic carbocycles. The third-order valence-corrected chi connectivity index (χ3v) is 2.94. The van der Waals surface area contributed by atoms with Crippen LogP contribution < -0.4 is 5.73 Å². The van der Waals surface area contributed by atoms with Crippen molar-refractivity contribution in [2.75, 3.05) is 6.54 Å². The first-order valence-corrected chi connectivity index (χ1v) is 6.39. The fourth-order valence-electron chi connectivity index (χ4n) is 1.97. The minimum atomic E-state index is 0.414. The molecule has 1 aromatic carbocycles. The molecule has 0 spiro atoms. The monoisotopic (exact) mass is 269 g/mol. The van der Waals surface area contributed by atoms with Gasteiger partial charge in [-0.25, -0.2) is 4.98 Å². The lowest BCUT2D eigenvalue weighted by molar-refractivity contribution is 0.431. The van der Waals surface area contributed by atoms with E-state index in [0.29, 0.717) is 30.5 Å². The average molecular weight is 269 g/mol. The second-order valence-electron chi connectivity index (χ2n) is 4.58. The molecule has 2 heterocycles. The van der Waals surface area contributed by atoms with E-state index in [4.69, 9.17) is 10.3 Å². The largest absolute Gasteiger partial charge is 0.335 e. The van der Waals surface area contributed by atoms with Crippen LogP contribution in [0.2, 0.25) is 0 Å². The summed E-state index contributed by atoms with van der Waals surface area (Å²) in [6.07, 6.45) is 3.55. The van der Waals surface area contributed by atoms with Gasteiger partial charge in [-0.3, -0.25) is 0 Å². The van der Waals surface area contributed by atoms with Gasteiger partial charge in [0.25, 0.3) is 5.89 Å². The van der Waals surface area contributed by atoms with Crippen molar-refractivity contribution in [2.45, 2.75) is 13.5 Å².